The van der Waals surface area contributed by atoms with E-state index in [1.54, 1.807) is 4.57 Å². The molecule has 1 atom stereocenters. The van der Waals surface area contributed by atoms with Crippen LogP contribution < -0.4 is 21.2 Å². The first kappa shape index (κ1) is 18.8. The van der Waals surface area contributed by atoms with Crippen LogP contribution in [-0.2, 0) is 27.3 Å². The summed E-state index contributed by atoms with van der Waals surface area (Å²) in [5.41, 5.74) is 2.75. The van der Waals surface area contributed by atoms with E-state index >= 15 is 0 Å². The summed E-state index contributed by atoms with van der Waals surface area (Å²) < 4.78 is 3.23. The van der Waals surface area contributed by atoms with Gasteiger partial charge in [0, 0.05) is 19.5 Å². The summed E-state index contributed by atoms with van der Waals surface area (Å²) in [7, 11) is 0. The van der Waals surface area contributed by atoms with E-state index in [9.17, 15) is 19.2 Å². The van der Waals surface area contributed by atoms with Gasteiger partial charge >= 0.3 is 5.69 Å². The zero-order valence-electron chi connectivity index (χ0n) is 17.3. The average Bonchev–Trinajstić information content (AvgIpc) is 3.00. The molecule has 0 aliphatic carbocycles. The van der Waals surface area contributed by atoms with Crippen LogP contribution in [0, 0.1) is 5.41 Å². The number of benzene rings is 1. The molecule has 1 unspecified atom stereocenters. The lowest BCUT2D eigenvalue weighted by Crippen LogP contribution is -2.50. The summed E-state index contributed by atoms with van der Waals surface area (Å²) >= 11 is 0. The van der Waals surface area contributed by atoms with Gasteiger partial charge in [-0.2, -0.15) is 0 Å². The van der Waals surface area contributed by atoms with E-state index < -0.39 is 11.9 Å². The van der Waals surface area contributed by atoms with Crippen LogP contribution in [0.15, 0.2) is 16.9 Å². The molecule has 2 N–H and O–H groups in total. The third kappa shape index (κ3) is 2.52. The van der Waals surface area contributed by atoms with Crippen molar-refractivity contribution in [2.24, 2.45) is 5.41 Å². The molecule has 0 radical (unpaired) electrons. The largest absolute Gasteiger partial charge is 0.329 e. The second kappa shape index (κ2) is 6.53. The fourth-order valence-corrected chi connectivity index (χ4v) is 5.99. The van der Waals surface area contributed by atoms with Crippen LogP contribution in [0.5, 0.6) is 0 Å². The van der Waals surface area contributed by atoms with Crippen molar-refractivity contribution in [2.75, 3.05) is 24.5 Å². The number of imide groups is 1. The van der Waals surface area contributed by atoms with Crippen molar-refractivity contribution in [1.29, 1.82) is 0 Å². The highest BCUT2D eigenvalue weighted by Gasteiger charge is 2.46. The Morgan fingerprint density at radius 1 is 0.968 bits per heavy atom. The summed E-state index contributed by atoms with van der Waals surface area (Å²) in [5, 5.41) is 5.72. The van der Waals surface area contributed by atoms with E-state index in [-0.39, 0.29) is 29.3 Å². The van der Waals surface area contributed by atoms with Crippen LogP contribution in [0.2, 0.25) is 0 Å². The predicted molar refractivity (Wildman–Crippen MR) is 113 cm³/mol. The number of aromatic nitrogens is 2. The van der Waals surface area contributed by atoms with Crippen molar-refractivity contribution in [3.8, 4) is 0 Å². The van der Waals surface area contributed by atoms with Crippen LogP contribution >= 0.6 is 0 Å². The summed E-state index contributed by atoms with van der Waals surface area (Å²) in [5.74, 6) is -0.568. The highest BCUT2D eigenvalue weighted by atomic mass is 16.2. The second-order valence-electron chi connectivity index (χ2n) is 9.20. The van der Waals surface area contributed by atoms with Gasteiger partial charge < -0.3 is 10.2 Å². The van der Waals surface area contributed by atoms with Crippen LogP contribution in [0.1, 0.15) is 43.7 Å². The maximum absolute atomic E-state index is 13.8. The average molecular weight is 423 g/mol. The van der Waals surface area contributed by atoms with Crippen molar-refractivity contribution in [1.82, 2.24) is 19.8 Å². The minimum atomic E-state index is -0.712. The molecule has 0 saturated carbocycles. The number of aryl methyl sites for hydroxylation is 1. The molecular formula is C22H25N5O4. The Balaban J connectivity index is 1.53. The number of imidazole rings is 1. The molecule has 6 rings (SSSR count). The van der Waals surface area contributed by atoms with Crippen LogP contribution in [-0.4, -0.2) is 46.5 Å². The minimum Gasteiger partial charge on any atom is -0.317 e. The Bertz CT molecular complexity index is 1200. The van der Waals surface area contributed by atoms with Crippen molar-refractivity contribution in [3.63, 3.8) is 0 Å². The summed E-state index contributed by atoms with van der Waals surface area (Å²) in [6, 6.07) is 3.20. The summed E-state index contributed by atoms with van der Waals surface area (Å²) in [6.07, 6.45) is 3.81. The van der Waals surface area contributed by atoms with Crippen molar-refractivity contribution in [2.45, 2.75) is 51.1 Å². The molecule has 2 fully saturated rings. The summed E-state index contributed by atoms with van der Waals surface area (Å²) in [6.45, 7) is 2.57. The number of hydrogen-bond acceptors (Lipinski definition) is 5. The lowest BCUT2D eigenvalue weighted by atomic mass is 9.74. The van der Waals surface area contributed by atoms with E-state index in [2.05, 4.69) is 10.6 Å². The first-order valence-corrected chi connectivity index (χ1v) is 11.1. The van der Waals surface area contributed by atoms with Gasteiger partial charge in [-0.3, -0.25) is 28.8 Å². The number of piperidine rings is 2. The maximum atomic E-state index is 13.8. The van der Waals surface area contributed by atoms with Gasteiger partial charge in [-0.25, -0.2) is 4.79 Å². The number of nitrogens with one attached hydrogen (secondary N) is 2. The van der Waals surface area contributed by atoms with E-state index in [0.717, 1.165) is 55.5 Å². The molecule has 2 aromatic rings. The summed E-state index contributed by atoms with van der Waals surface area (Å²) in [4.78, 5) is 53.2. The van der Waals surface area contributed by atoms with Crippen molar-refractivity contribution >= 4 is 34.4 Å². The van der Waals surface area contributed by atoms with Gasteiger partial charge in [0.15, 0.2) is 0 Å². The molecule has 0 bridgehead atoms. The molecule has 9 nitrogen and oxygen atoms in total. The zero-order chi connectivity index (χ0) is 21.3. The molecular weight excluding hydrogens is 398 g/mol. The van der Waals surface area contributed by atoms with Crippen LogP contribution in [0.3, 0.4) is 0 Å². The topological polar surface area (TPSA) is 105 Å². The lowest BCUT2D eigenvalue weighted by Gasteiger charge is -2.39. The molecule has 4 aliphatic heterocycles. The molecule has 1 spiro atoms. The number of nitrogens with zero attached hydrogens (tertiary/aromatic N) is 3. The predicted octanol–water partition coefficient (Wildman–Crippen LogP) is 0.443. The molecule has 2 saturated heterocycles. The molecule has 162 valence electrons. The third-order valence-corrected chi connectivity index (χ3v) is 7.65. The lowest BCUT2D eigenvalue weighted by molar-refractivity contribution is -0.135. The Morgan fingerprint density at radius 3 is 2.55 bits per heavy atom. The van der Waals surface area contributed by atoms with Gasteiger partial charge in [0.05, 0.1) is 22.1 Å². The Morgan fingerprint density at radius 2 is 1.77 bits per heavy atom. The molecule has 5 heterocycles. The molecule has 3 amide bonds. The quantitative estimate of drug-likeness (QED) is 0.648. The SMILES string of the molecule is O=C1CCC(n2c(=O)n3c4c5c(ccc42)CCC2(CCNCC2)C(=O)N5CC3)C(=O)N1. The van der Waals surface area contributed by atoms with Gasteiger partial charge in [0.1, 0.15) is 6.04 Å². The molecule has 31 heavy (non-hydrogen) atoms. The fourth-order valence-electron chi connectivity index (χ4n) is 5.99. The molecule has 1 aromatic heterocycles. The number of carbonyl (C=O) groups excluding carboxylic acids is 3. The van der Waals surface area contributed by atoms with Gasteiger partial charge in [-0.15, -0.1) is 0 Å². The number of hydrogen-bond donors (Lipinski definition) is 2. The standard InChI is InChI=1S/C22H25N5O4/c28-16-4-3-15(19(29)24-16)27-14-2-1-13-5-6-22(7-9-23-10-8-22)20(30)25-11-12-26(21(27)31)18(14)17(13)25/h1-2,15,23H,3-12H2,(H,24,28,29). The highest BCUT2D eigenvalue weighted by molar-refractivity contribution is 6.07. The normalized spacial score (nSPS) is 25.1. The number of rotatable bonds is 1. The van der Waals surface area contributed by atoms with Gasteiger partial charge in [-0.05, 0) is 56.8 Å². The Labute approximate surface area is 178 Å². The maximum Gasteiger partial charge on any atom is 0.329 e. The Kier molecular flexibility index (Phi) is 3.96. The van der Waals surface area contributed by atoms with E-state index in [1.807, 2.05) is 17.0 Å². The number of amides is 3. The molecule has 9 heteroatoms. The number of anilines is 1. The first-order chi connectivity index (χ1) is 15.0. The van der Waals surface area contributed by atoms with Gasteiger partial charge in [-0.1, -0.05) is 6.07 Å². The van der Waals surface area contributed by atoms with Crippen molar-refractivity contribution in [3.05, 3.63) is 28.2 Å². The second-order valence-corrected chi connectivity index (χ2v) is 9.20. The zero-order valence-corrected chi connectivity index (χ0v) is 17.3. The van der Waals surface area contributed by atoms with Gasteiger partial charge in [0.25, 0.3) is 0 Å². The first-order valence-electron chi connectivity index (χ1n) is 11.1. The van der Waals surface area contributed by atoms with Crippen LogP contribution in [0.25, 0.3) is 11.0 Å². The monoisotopic (exact) mass is 423 g/mol. The van der Waals surface area contributed by atoms with Crippen LogP contribution in [0.4, 0.5) is 5.69 Å². The van der Waals surface area contributed by atoms with E-state index in [1.165, 1.54) is 4.57 Å². The molecule has 4 aliphatic rings. The van der Waals surface area contributed by atoms with Gasteiger partial charge in [0.2, 0.25) is 17.7 Å². The highest BCUT2D eigenvalue weighted by Crippen LogP contribution is 2.45. The van der Waals surface area contributed by atoms with E-state index in [4.69, 9.17) is 0 Å². The smallest absolute Gasteiger partial charge is 0.317 e. The Hall–Kier alpha value is -2.94. The van der Waals surface area contributed by atoms with E-state index in [0.29, 0.717) is 25.0 Å². The third-order valence-electron chi connectivity index (χ3n) is 7.65. The number of carbonyl (C=O) groups is 3. The van der Waals surface area contributed by atoms with Crippen molar-refractivity contribution < 1.29 is 14.4 Å². The molecule has 1 aromatic carbocycles. The fraction of sp³-hybridized carbons (Fsp3) is 0.545. The minimum absolute atomic E-state index is 0.174.